The molecule has 0 atom stereocenters. The van der Waals surface area contributed by atoms with Gasteiger partial charge in [0.25, 0.3) is 10.0 Å². The number of nitrogens with one attached hydrogen (secondary N) is 1. The highest BCUT2D eigenvalue weighted by atomic mass is 32.2. The van der Waals surface area contributed by atoms with Gasteiger partial charge in [-0.3, -0.25) is 9.52 Å². The normalized spacial score (nSPS) is 12.3. The molecule has 0 aromatic heterocycles. The van der Waals surface area contributed by atoms with Crippen molar-refractivity contribution in [1.29, 1.82) is 0 Å². The van der Waals surface area contributed by atoms with Crippen molar-refractivity contribution < 1.29 is 13.2 Å². The van der Waals surface area contributed by atoms with Crippen LogP contribution in [0.15, 0.2) is 71.6 Å². The zero-order valence-corrected chi connectivity index (χ0v) is 15.0. The molecule has 0 fully saturated rings. The van der Waals surface area contributed by atoms with E-state index in [0.29, 0.717) is 11.3 Å². The summed E-state index contributed by atoms with van der Waals surface area (Å²) in [4.78, 5) is 11.5. The number of rotatable bonds is 4. The minimum absolute atomic E-state index is 0.0980. The van der Waals surface area contributed by atoms with Crippen LogP contribution in [-0.4, -0.2) is 14.2 Å². The summed E-state index contributed by atoms with van der Waals surface area (Å²) in [7, 11) is -3.71. The number of hydrogen-bond acceptors (Lipinski definition) is 3. The van der Waals surface area contributed by atoms with E-state index >= 15 is 0 Å². The van der Waals surface area contributed by atoms with E-state index in [9.17, 15) is 13.2 Å². The zero-order chi connectivity index (χ0) is 18.3. The van der Waals surface area contributed by atoms with Crippen LogP contribution >= 0.6 is 0 Å². The number of Topliss-reactive ketones (excluding diaryl/α,β-unsaturated/α-hetero) is 1. The maximum atomic E-state index is 12.6. The molecule has 3 aromatic carbocycles. The molecule has 0 saturated carbocycles. The van der Waals surface area contributed by atoms with E-state index in [0.717, 1.165) is 17.5 Å². The van der Waals surface area contributed by atoms with Crippen LogP contribution in [0.2, 0.25) is 0 Å². The molecular weight excluding hydrogens is 346 g/mol. The Morgan fingerprint density at radius 1 is 0.885 bits per heavy atom. The lowest BCUT2D eigenvalue weighted by atomic mass is 10.1. The van der Waals surface area contributed by atoms with Crippen molar-refractivity contribution in [3.05, 3.63) is 83.4 Å². The third-order valence-electron chi connectivity index (χ3n) is 4.62. The maximum absolute atomic E-state index is 12.6. The molecule has 0 bridgehead atoms. The van der Waals surface area contributed by atoms with Crippen molar-refractivity contribution in [2.24, 2.45) is 0 Å². The van der Waals surface area contributed by atoms with Crippen LogP contribution in [-0.2, 0) is 16.4 Å². The molecule has 1 N–H and O–H groups in total. The van der Waals surface area contributed by atoms with Crippen molar-refractivity contribution in [3.8, 4) is 11.1 Å². The summed E-state index contributed by atoms with van der Waals surface area (Å²) in [6, 6.07) is 19.7. The van der Waals surface area contributed by atoms with E-state index in [1.165, 1.54) is 42.3 Å². The monoisotopic (exact) mass is 363 g/mol. The number of anilines is 1. The molecule has 4 rings (SSSR count). The van der Waals surface area contributed by atoms with E-state index in [4.69, 9.17) is 0 Å². The van der Waals surface area contributed by atoms with E-state index < -0.39 is 10.0 Å². The predicted octanol–water partition coefficient (Wildman–Crippen LogP) is 4.26. The summed E-state index contributed by atoms with van der Waals surface area (Å²) in [6.45, 7) is 1.45. The summed E-state index contributed by atoms with van der Waals surface area (Å²) in [6.07, 6.45) is 0.866. The molecule has 5 heteroatoms. The second-order valence-electron chi connectivity index (χ2n) is 6.39. The molecule has 3 aromatic rings. The summed E-state index contributed by atoms with van der Waals surface area (Å²) >= 11 is 0. The minimum Gasteiger partial charge on any atom is -0.295 e. The Morgan fingerprint density at radius 3 is 2.31 bits per heavy atom. The Kier molecular flexibility index (Phi) is 3.89. The second kappa shape index (κ2) is 6.11. The lowest BCUT2D eigenvalue weighted by molar-refractivity contribution is 0.101. The van der Waals surface area contributed by atoms with E-state index in [-0.39, 0.29) is 10.7 Å². The fourth-order valence-corrected chi connectivity index (χ4v) is 4.32. The molecule has 4 nitrogen and oxygen atoms in total. The largest absolute Gasteiger partial charge is 0.295 e. The van der Waals surface area contributed by atoms with Gasteiger partial charge in [-0.05, 0) is 59.9 Å². The van der Waals surface area contributed by atoms with Crippen LogP contribution in [0, 0.1) is 0 Å². The summed E-state index contributed by atoms with van der Waals surface area (Å²) in [5, 5.41) is 0. The fraction of sp³-hybridized carbons (Fsp3) is 0.0952. The highest BCUT2D eigenvalue weighted by Gasteiger charge is 2.20. The smallest absolute Gasteiger partial charge is 0.261 e. The van der Waals surface area contributed by atoms with Crippen molar-refractivity contribution in [1.82, 2.24) is 0 Å². The van der Waals surface area contributed by atoms with Crippen molar-refractivity contribution in [2.75, 3.05) is 4.72 Å². The molecule has 26 heavy (non-hydrogen) atoms. The maximum Gasteiger partial charge on any atom is 0.261 e. The van der Waals surface area contributed by atoms with Gasteiger partial charge in [-0.2, -0.15) is 0 Å². The molecule has 1 aliphatic rings. The van der Waals surface area contributed by atoms with Crippen molar-refractivity contribution in [2.45, 2.75) is 18.2 Å². The van der Waals surface area contributed by atoms with Gasteiger partial charge in [-0.1, -0.05) is 42.5 Å². The van der Waals surface area contributed by atoms with Crippen molar-refractivity contribution in [3.63, 3.8) is 0 Å². The van der Waals surface area contributed by atoms with E-state index in [1.54, 1.807) is 6.07 Å². The van der Waals surface area contributed by atoms with Gasteiger partial charge in [0, 0.05) is 11.3 Å². The van der Waals surface area contributed by atoms with Crippen LogP contribution in [0.1, 0.15) is 28.4 Å². The summed E-state index contributed by atoms with van der Waals surface area (Å²) < 4.78 is 27.9. The average molecular weight is 363 g/mol. The van der Waals surface area contributed by atoms with Crippen LogP contribution in [0.5, 0.6) is 0 Å². The molecule has 0 heterocycles. The lowest BCUT2D eigenvalue weighted by Gasteiger charge is -2.10. The van der Waals surface area contributed by atoms with Gasteiger partial charge in [0.15, 0.2) is 5.78 Å². The first kappa shape index (κ1) is 16.5. The molecule has 130 valence electrons. The van der Waals surface area contributed by atoms with Gasteiger partial charge >= 0.3 is 0 Å². The number of benzene rings is 3. The predicted molar refractivity (Wildman–Crippen MR) is 102 cm³/mol. The number of carbonyl (C=O) groups excluding carboxylic acids is 1. The van der Waals surface area contributed by atoms with Gasteiger partial charge in [-0.15, -0.1) is 0 Å². The molecule has 1 aliphatic carbocycles. The highest BCUT2D eigenvalue weighted by Crippen LogP contribution is 2.38. The van der Waals surface area contributed by atoms with Crippen molar-refractivity contribution >= 4 is 21.5 Å². The Balaban J connectivity index is 1.65. The van der Waals surface area contributed by atoms with Crippen LogP contribution < -0.4 is 4.72 Å². The van der Waals surface area contributed by atoms with Gasteiger partial charge < -0.3 is 0 Å². The second-order valence-corrected chi connectivity index (χ2v) is 8.07. The quantitative estimate of drug-likeness (QED) is 0.551. The highest BCUT2D eigenvalue weighted by molar-refractivity contribution is 7.92. The van der Waals surface area contributed by atoms with Crippen LogP contribution in [0.3, 0.4) is 0 Å². The first-order chi connectivity index (χ1) is 12.4. The SMILES string of the molecule is CC(=O)c1ccc(S(=O)(=O)Nc2ccc3c(c2)-c2ccccc2C3)cc1. The first-order valence-corrected chi connectivity index (χ1v) is 9.77. The van der Waals surface area contributed by atoms with Gasteiger partial charge in [0.1, 0.15) is 0 Å². The fourth-order valence-electron chi connectivity index (χ4n) is 3.27. The zero-order valence-electron chi connectivity index (χ0n) is 14.2. The molecular formula is C21H17NO3S. The van der Waals surface area contributed by atoms with Crippen LogP contribution in [0.25, 0.3) is 11.1 Å². The molecule has 0 spiro atoms. The standard InChI is InChI=1S/C21H17NO3S/c1-14(23)15-7-10-19(11-8-15)26(24,25)22-18-9-6-17-12-16-4-2-3-5-20(16)21(17)13-18/h2-11,13,22H,12H2,1H3. The molecule has 0 saturated heterocycles. The Hall–Kier alpha value is -2.92. The van der Waals surface area contributed by atoms with E-state index in [1.807, 2.05) is 24.3 Å². The minimum atomic E-state index is -3.71. The summed E-state index contributed by atoms with van der Waals surface area (Å²) in [5.74, 6) is -0.0980. The topological polar surface area (TPSA) is 63.2 Å². The third-order valence-corrected chi connectivity index (χ3v) is 6.02. The Bertz CT molecular complexity index is 1120. The Labute approximate surface area is 152 Å². The number of carbonyl (C=O) groups is 1. The number of fused-ring (bicyclic) bond motifs is 3. The van der Waals surface area contributed by atoms with Gasteiger partial charge in [-0.25, -0.2) is 8.42 Å². The number of sulfonamides is 1. The lowest BCUT2D eigenvalue weighted by Crippen LogP contribution is -2.13. The van der Waals surface area contributed by atoms with Gasteiger partial charge in [0.2, 0.25) is 0 Å². The third kappa shape index (κ3) is 2.91. The number of ketones is 1. The molecule has 0 amide bonds. The van der Waals surface area contributed by atoms with Gasteiger partial charge in [0.05, 0.1) is 4.90 Å². The van der Waals surface area contributed by atoms with Crippen LogP contribution in [0.4, 0.5) is 5.69 Å². The molecule has 0 aliphatic heterocycles. The average Bonchev–Trinajstić information content (AvgIpc) is 2.99. The molecule has 0 unspecified atom stereocenters. The first-order valence-electron chi connectivity index (χ1n) is 8.29. The Morgan fingerprint density at radius 2 is 1.58 bits per heavy atom. The summed E-state index contributed by atoms with van der Waals surface area (Å²) in [5.41, 5.74) is 5.67. The number of hydrogen-bond donors (Lipinski definition) is 1. The molecule has 0 radical (unpaired) electrons. The van der Waals surface area contributed by atoms with E-state index in [2.05, 4.69) is 16.9 Å².